The van der Waals surface area contributed by atoms with Gasteiger partial charge in [-0.2, -0.15) is 0 Å². The Morgan fingerprint density at radius 3 is 2.34 bits per heavy atom. The van der Waals surface area contributed by atoms with Crippen LogP contribution in [-0.4, -0.2) is 24.7 Å². The molecule has 2 amide bonds. The van der Waals surface area contributed by atoms with E-state index in [0.717, 1.165) is 21.4 Å². The summed E-state index contributed by atoms with van der Waals surface area (Å²) in [6.07, 6.45) is 0. The van der Waals surface area contributed by atoms with Crippen molar-refractivity contribution < 1.29 is 14.3 Å². The summed E-state index contributed by atoms with van der Waals surface area (Å²) in [6, 6.07) is 28.2. The number of amides is 2. The van der Waals surface area contributed by atoms with Gasteiger partial charge in [0.25, 0.3) is 5.91 Å². The highest BCUT2D eigenvalue weighted by Crippen LogP contribution is 2.23. The van der Waals surface area contributed by atoms with Gasteiger partial charge in [0.15, 0.2) is 0 Å². The van der Waals surface area contributed by atoms with Crippen LogP contribution in [0.2, 0.25) is 0 Å². The third-order valence-corrected chi connectivity index (χ3v) is 5.84. The van der Waals surface area contributed by atoms with Crippen molar-refractivity contribution in [3.63, 3.8) is 0 Å². The van der Waals surface area contributed by atoms with Crippen molar-refractivity contribution in [1.82, 2.24) is 0 Å². The monoisotopic (exact) mass is 442 g/mol. The summed E-state index contributed by atoms with van der Waals surface area (Å²) < 4.78 is 5.12. The Labute approximate surface area is 190 Å². The van der Waals surface area contributed by atoms with E-state index in [1.807, 2.05) is 66.7 Å². The summed E-state index contributed by atoms with van der Waals surface area (Å²) in [5, 5.41) is 7.91. The lowest BCUT2D eigenvalue weighted by Gasteiger charge is -2.09. The van der Waals surface area contributed by atoms with Gasteiger partial charge in [0.1, 0.15) is 5.75 Å². The maximum absolute atomic E-state index is 12.7. The van der Waals surface area contributed by atoms with Gasteiger partial charge in [-0.15, -0.1) is 11.8 Å². The smallest absolute Gasteiger partial charge is 0.255 e. The maximum Gasteiger partial charge on any atom is 0.255 e. The predicted octanol–water partition coefficient (Wildman–Crippen LogP) is 5.83. The molecule has 4 aromatic carbocycles. The molecule has 0 fully saturated rings. The molecule has 160 valence electrons. The van der Waals surface area contributed by atoms with Crippen molar-refractivity contribution in [3.05, 3.63) is 96.6 Å². The zero-order chi connectivity index (χ0) is 22.3. The number of nitrogens with one attached hydrogen (secondary N) is 2. The van der Waals surface area contributed by atoms with E-state index in [9.17, 15) is 9.59 Å². The molecule has 0 saturated heterocycles. The molecule has 32 heavy (non-hydrogen) atoms. The van der Waals surface area contributed by atoms with Crippen molar-refractivity contribution >= 4 is 45.7 Å². The number of rotatable bonds is 7. The summed E-state index contributed by atoms with van der Waals surface area (Å²) in [6.45, 7) is 0. The SMILES string of the molecule is COc1ccc(NC(=O)CSc2cccc(NC(=O)c3ccc4ccccc4c3)c2)cc1. The minimum Gasteiger partial charge on any atom is -0.497 e. The molecular formula is C26H22N2O3S. The van der Waals surface area contributed by atoms with E-state index in [1.54, 1.807) is 31.4 Å². The number of methoxy groups -OCH3 is 1. The molecule has 0 aromatic heterocycles. The zero-order valence-electron chi connectivity index (χ0n) is 17.5. The van der Waals surface area contributed by atoms with Crippen molar-refractivity contribution in [1.29, 1.82) is 0 Å². The molecule has 0 atom stereocenters. The number of fused-ring (bicyclic) bond motifs is 1. The van der Waals surface area contributed by atoms with Crippen LogP contribution in [0.5, 0.6) is 5.75 Å². The first-order valence-electron chi connectivity index (χ1n) is 10.1. The topological polar surface area (TPSA) is 67.4 Å². The summed E-state index contributed by atoms with van der Waals surface area (Å²) >= 11 is 1.41. The molecule has 4 rings (SSSR count). The molecule has 0 heterocycles. The molecule has 0 bridgehead atoms. The van der Waals surface area contributed by atoms with Crippen molar-refractivity contribution in [2.45, 2.75) is 4.90 Å². The number of anilines is 2. The van der Waals surface area contributed by atoms with Gasteiger partial charge in [-0.1, -0.05) is 36.4 Å². The van der Waals surface area contributed by atoms with Gasteiger partial charge in [0, 0.05) is 21.8 Å². The van der Waals surface area contributed by atoms with E-state index in [2.05, 4.69) is 10.6 Å². The van der Waals surface area contributed by atoms with E-state index in [4.69, 9.17) is 4.74 Å². The number of thioether (sulfide) groups is 1. The highest BCUT2D eigenvalue weighted by molar-refractivity contribution is 8.00. The molecule has 4 aromatic rings. The van der Waals surface area contributed by atoms with E-state index in [1.165, 1.54) is 11.8 Å². The normalized spacial score (nSPS) is 10.5. The van der Waals surface area contributed by atoms with Gasteiger partial charge in [0.2, 0.25) is 5.91 Å². The van der Waals surface area contributed by atoms with E-state index < -0.39 is 0 Å². The first kappa shape index (κ1) is 21.5. The Hall–Kier alpha value is -3.77. The predicted molar refractivity (Wildman–Crippen MR) is 131 cm³/mol. The van der Waals surface area contributed by atoms with Gasteiger partial charge in [-0.3, -0.25) is 9.59 Å². The van der Waals surface area contributed by atoms with Crippen LogP contribution in [0.1, 0.15) is 10.4 Å². The fraction of sp³-hybridized carbons (Fsp3) is 0.0769. The van der Waals surface area contributed by atoms with E-state index >= 15 is 0 Å². The highest BCUT2D eigenvalue weighted by Gasteiger charge is 2.09. The van der Waals surface area contributed by atoms with Crippen LogP contribution >= 0.6 is 11.8 Å². The largest absolute Gasteiger partial charge is 0.497 e. The highest BCUT2D eigenvalue weighted by atomic mass is 32.2. The molecule has 5 nitrogen and oxygen atoms in total. The molecule has 0 saturated carbocycles. The van der Waals surface area contributed by atoms with Crippen LogP contribution in [-0.2, 0) is 4.79 Å². The fourth-order valence-corrected chi connectivity index (χ4v) is 3.97. The third kappa shape index (κ3) is 5.47. The second-order valence-corrected chi connectivity index (χ2v) is 8.16. The van der Waals surface area contributed by atoms with Crippen LogP contribution in [0.3, 0.4) is 0 Å². The van der Waals surface area contributed by atoms with Crippen molar-refractivity contribution in [2.24, 2.45) is 0 Å². The Morgan fingerprint density at radius 2 is 1.56 bits per heavy atom. The van der Waals surface area contributed by atoms with Crippen LogP contribution < -0.4 is 15.4 Å². The molecule has 0 unspecified atom stereocenters. The quantitative estimate of drug-likeness (QED) is 0.353. The zero-order valence-corrected chi connectivity index (χ0v) is 18.3. The fourth-order valence-electron chi connectivity index (χ4n) is 3.22. The second kappa shape index (κ2) is 10.0. The van der Waals surface area contributed by atoms with E-state index in [-0.39, 0.29) is 17.6 Å². The Kier molecular flexibility index (Phi) is 6.72. The van der Waals surface area contributed by atoms with Crippen LogP contribution in [0.4, 0.5) is 11.4 Å². The molecule has 0 aliphatic rings. The first-order chi connectivity index (χ1) is 15.6. The molecule has 0 aliphatic heterocycles. The van der Waals surface area contributed by atoms with Gasteiger partial charge >= 0.3 is 0 Å². The lowest BCUT2D eigenvalue weighted by molar-refractivity contribution is -0.113. The number of benzene rings is 4. The lowest BCUT2D eigenvalue weighted by atomic mass is 10.1. The maximum atomic E-state index is 12.7. The average molecular weight is 443 g/mol. The molecule has 6 heteroatoms. The van der Waals surface area contributed by atoms with Gasteiger partial charge in [-0.05, 0) is 65.4 Å². The average Bonchev–Trinajstić information content (AvgIpc) is 2.83. The van der Waals surface area contributed by atoms with Crippen LogP contribution in [0.15, 0.2) is 95.9 Å². The van der Waals surface area contributed by atoms with Gasteiger partial charge < -0.3 is 15.4 Å². The number of hydrogen-bond donors (Lipinski definition) is 2. The minimum atomic E-state index is -0.171. The molecular weight excluding hydrogens is 420 g/mol. The molecule has 0 spiro atoms. The first-order valence-corrected chi connectivity index (χ1v) is 11.1. The number of carbonyl (C=O) groups excluding carboxylic acids is 2. The molecule has 0 radical (unpaired) electrons. The minimum absolute atomic E-state index is 0.106. The van der Waals surface area contributed by atoms with Crippen molar-refractivity contribution in [3.8, 4) is 5.75 Å². The summed E-state index contributed by atoms with van der Waals surface area (Å²) in [4.78, 5) is 25.8. The second-order valence-electron chi connectivity index (χ2n) is 7.11. The number of ether oxygens (including phenoxy) is 1. The van der Waals surface area contributed by atoms with Crippen LogP contribution in [0, 0.1) is 0 Å². The van der Waals surface area contributed by atoms with Crippen molar-refractivity contribution in [2.75, 3.05) is 23.5 Å². The summed E-state index contributed by atoms with van der Waals surface area (Å²) in [7, 11) is 1.60. The van der Waals surface area contributed by atoms with Crippen LogP contribution in [0.25, 0.3) is 10.8 Å². The Morgan fingerprint density at radius 1 is 0.781 bits per heavy atom. The van der Waals surface area contributed by atoms with Gasteiger partial charge in [0.05, 0.1) is 12.9 Å². The number of hydrogen-bond acceptors (Lipinski definition) is 4. The summed E-state index contributed by atoms with van der Waals surface area (Å²) in [5.41, 5.74) is 2.00. The molecule has 2 N–H and O–H groups in total. The lowest BCUT2D eigenvalue weighted by Crippen LogP contribution is -2.14. The van der Waals surface area contributed by atoms with E-state index in [0.29, 0.717) is 16.9 Å². The number of carbonyl (C=O) groups is 2. The standard InChI is InChI=1S/C26H22N2O3S/c1-31-23-13-11-21(12-14-23)27-25(29)17-32-24-8-4-7-22(16-24)28-26(30)20-10-9-18-5-2-3-6-19(18)15-20/h2-16H,17H2,1H3,(H,27,29)(H,28,30). The Bertz CT molecular complexity index is 1260. The molecule has 0 aliphatic carbocycles. The third-order valence-electron chi connectivity index (χ3n) is 4.85. The Balaban J connectivity index is 1.35. The van der Waals surface area contributed by atoms with Gasteiger partial charge in [-0.25, -0.2) is 0 Å². The summed E-state index contributed by atoms with van der Waals surface area (Å²) in [5.74, 6) is 0.717.